The topological polar surface area (TPSA) is 64.3 Å². The first-order valence-electron chi connectivity index (χ1n) is 6.03. The summed E-state index contributed by atoms with van der Waals surface area (Å²) in [5.41, 5.74) is 8.37. The highest BCUT2D eigenvalue weighted by molar-refractivity contribution is 9.10. The minimum Gasteiger partial charge on any atom is -0.496 e. The van der Waals surface area contributed by atoms with Gasteiger partial charge in [-0.3, -0.25) is 4.79 Å². The second kappa shape index (κ2) is 5.96. The van der Waals surface area contributed by atoms with Crippen LogP contribution in [-0.2, 0) is 0 Å². The molecule has 3 N–H and O–H groups in total. The largest absolute Gasteiger partial charge is 0.496 e. The third-order valence-corrected chi connectivity index (χ3v) is 3.79. The monoisotopic (exact) mass is 334 g/mol. The van der Waals surface area contributed by atoms with E-state index in [0.29, 0.717) is 22.7 Å². The molecule has 2 aromatic carbocycles. The number of nitrogen functional groups attached to an aromatic ring is 1. The normalized spacial score (nSPS) is 10.2. The highest BCUT2D eigenvalue weighted by Gasteiger charge is 2.16. The van der Waals surface area contributed by atoms with Crippen molar-refractivity contribution in [2.24, 2.45) is 0 Å². The number of carbonyl (C=O) groups is 1. The third-order valence-electron chi connectivity index (χ3n) is 2.94. The summed E-state index contributed by atoms with van der Waals surface area (Å²) in [6.45, 7) is 1.98. The van der Waals surface area contributed by atoms with E-state index in [9.17, 15) is 4.79 Å². The number of anilines is 2. The Hall–Kier alpha value is -2.01. The summed E-state index contributed by atoms with van der Waals surface area (Å²) in [7, 11) is 1.51. The van der Waals surface area contributed by atoms with Crippen LogP contribution in [0.5, 0.6) is 5.75 Å². The molecule has 0 heterocycles. The van der Waals surface area contributed by atoms with Gasteiger partial charge in [0.2, 0.25) is 0 Å². The van der Waals surface area contributed by atoms with Crippen molar-refractivity contribution in [2.45, 2.75) is 6.92 Å². The van der Waals surface area contributed by atoms with Crippen LogP contribution in [0.4, 0.5) is 11.4 Å². The third kappa shape index (κ3) is 2.93. The first-order valence-corrected chi connectivity index (χ1v) is 6.82. The van der Waals surface area contributed by atoms with Crippen LogP contribution in [0.1, 0.15) is 15.9 Å². The Labute approximate surface area is 126 Å². The maximum atomic E-state index is 12.3. The van der Waals surface area contributed by atoms with Crippen LogP contribution >= 0.6 is 15.9 Å². The molecular formula is C15H15BrN2O2. The molecule has 0 aliphatic rings. The summed E-state index contributed by atoms with van der Waals surface area (Å²) < 4.78 is 6.11. The van der Waals surface area contributed by atoms with Gasteiger partial charge in [0, 0.05) is 15.8 Å². The summed E-state index contributed by atoms with van der Waals surface area (Å²) in [6, 6.07) is 10.7. The average molecular weight is 335 g/mol. The number of amides is 1. The number of hydrogen-bond donors (Lipinski definition) is 2. The van der Waals surface area contributed by atoms with Gasteiger partial charge in [0.1, 0.15) is 11.3 Å². The van der Waals surface area contributed by atoms with E-state index in [4.69, 9.17) is 10.5 Å². The summed E-state index contributed by atoms with van der Waals surface area (Å²) in [5.74, 6) is 0.157. The molecular weight excluding hydrogens is 320 g/mol. The maximum absolute atomic E-state index is 12.3. The van der Waals surface area contributed by atoms with Gasteiger partial charge in [-0.2, -0.15) is 0 Å². The predicted molar refractivity (Wildman–Crippen MR) is 84.2 cm³/mol. The number of methoxy groups -OCH3 is 1. The van der Waals surface area contributed by atoms with Gasteiger partial charge >= 0.3 is 0 Å². The van der Waals surface area contributed by atoms with E-state index in [0.717, 1.165) is 10.0 Å². The second-order valence-electron chi connectivity index (χ2n) is 4.34. The zero-order valence-electron chi connectivity index (χ0n) is 11.2. The van der Waals surface area contributed by atoms with Crippen LogP contribution in [-0.4, -0.2) is 13.0 Å². The smallest absolute Gasteiger partial charge is 0.261 e. The van der Waals surface area contributed by atoms with E-state index in [2.05, 4.69) is 21.2 Å². The molecule has 0 saturated heterocycles. The molecule has 2 aromatic rings. The Morgan fingerprint density at radius 2 is 2.05 bits per heavy atom. The van der Waals surface area contributed by atoms with Gasteiger partial charge < -0.3 is 15.8 Å². The minimum atomic E-state index is -0.296. The zero-order valence-corrected chi connectivity index (χ0v) is 12.8. The number of carbonyl (C=O) groups excluding carboxylic acids is 1. The van der Waals surface area contributed by atoms with Crippen molar-refractivity contribution in [3.05, 3.63) is 52.0 Å². The summed E-state index contributed by atoms with van der Waals surface area (Å²) >= 11 is 3.43. The Kier molecular flexibility index (Phi) is 4.29. The predicted octanol–water partition coefficient (Wildman–Crippen LogP) is 3.60. The van der Waals surface area contributed by atoms with Gasteiger partial charge in [-0.25, -0.2) is 0 Å². The summed E-state index contributed by atoms with van der Waals surface area (Å²) in [4.78, 5) is 12.3. The fourth-order valence-electron chi connectivity index (χ4n) is 1.83. The van der Waals surface area contributed by atoms with Crippen LogP contribution in [0, 0.1) is 6.92 Å². The highest BCUT2D eigenvalue weighted by atomic mass is 79.9. The number of halogens is 1. The summed E-state index contributed by atoms with van der Waals surface area (Å²) in [5, 5.41) is 2.81. The number of hydrogen-bond acceptors (Lipinski definition) is 3. The van der Waals surface area contributed by atoms with E-state index < -0.39 is 0 Å². The molecule has 0 bridgehead atoms. The van der Waals surface area contributed by atoms with Gasteiger partial charge in [-0.05, 0) is 36.8 Å². The molecule has 104 valence electrons. The number of ether oxygens (including phenoxy) is 1. The summed E-state index contributed by atoms with van der Waals surface area (Å²) in [6.07, 6.45) is 0. The molecule has 2 rings (SSSR count). The SMILES string of the molecule is COc1cccc(N)c1C(=O)Nc1ccc(C)c(Br)c1. The Balaban J connectivity index is 2.30. The fourth-order valence-corrected chi connectivity index (χ4v) is 2.20. The molecule has 0 spiro atoms. The van der Waals surface area contributed by atoms with E-state index in [1.54, 1.807) is 18.2 Å². The van der Waals surface area contributed by atoms with E-state index >= 15 is 0 Å². The van der Waals surface area contributed by atoms with Crippen LogP contribution in [0.15, 0.2) is 40.9 Å². The fraction of sp³-hybridized carbons (Fsp3) is 0.133. The lowest BCUT2D eigenvalue weighted by atomic mass is 10.1. The zero-order chi connectivity index (χ0) is 14.7. The van der Waals surface area contributed by atoms with E-state index in [-0.39, 0.29) is 5.91 Å². The van der Waals surface area contributed by atoms with Crippen molar-refractivity contribution >= 4 is 33.2 Å². The van der Waals surface area contributed by atoms with Crippen molar-refractivity contribution < 1.29 is 9.53 Å². The van der Waals surface area contributed by atoms with Gasteiger partial charge in [0.15, 0.2) is 0 Å². The lowest BCUT2D eigenvalue weighted by molar-refractivity contribution is 0.102. The maximum Gasteiger partial charge on any atom is 0.261 e. The number of aryl methyl sites for hydroxylation is 1. The quantitative estimate of drug-likeness (QED) is 0.843. The number of nitrogens with one attached hydrogen (secondary N) is 1. The van der Waals surface area contributed by atoms with Gasteiger partial charge in [0.05, 0.1) is 7.11 Å². The van der Waals surface area contributed by atoms with E-state index in [1.165, 1.54) is 7.11 Å². The molecule has 0 radical (unpaired) electrons. The molecule has 0 saturated carbocycles. The van der Waals surface area contributed by atoms with Gasteiger partial charge in [-0.15, -0.1) is 0 Å². The van der Waals surface area contributed by atoms with Crippen LogP contribution < -0.4 is 15.8 Å². The molecule has 1 amide bonds. The van der Waals surface area contributed by atoms with Crippen molar-refractivity contribution in [1.82, 2.24) is 0 Å². The van der Waals surface area contributed by atoms with Crippen molar-refractivity contribution in [3.8, 4) is 5.75 Å². The van der Waals surface area contributed by atoms with Gasteiger partial charge in [0.25, 0.3) is 5.91 Å². The standard InChI is InChI=1S/C15H15BrN2O2/c1-9-6-7-10(8-11(9)16)18-15(19)14-12(17)4-3-5-13(14)20-2/h3-8H,17H2,1-2H3,(H,18,19). The van der Waals surface area contributed by atoms with Crippen molar-refractivity contribution in [3.63, 3.8) is 0 Å². The Bertz CT molecular complexity index is 656. The van der Waals surface area contributed by atoms with Crippen LogP contribution in [0.2, 0.25) is 0 Å². The van der Waals surface area contributed by atoms with Crippen LogP contribution in [0.3, 0.4) is 0 Å². The molecule has 0 atom stereocenters. The molecule has 4 nitrogen and oxygen atoms in total. The highest BCUT2D eigenvalue weighted by Crippen LogP contribution is 2.26. The van der Waals surface area contributed by atoms with Gasteiger partial charge in [-0.1, -0.05) is 28.1 Å². The Morgan fingerprint density at radius 1 is 1.30 bits per heavy atom. The number of nitrogens with two attached hydrogens (primary N) is 1. The molecule has 0 fully saturated rings. The second-order valence-corrected chi connectivity index (χ2v) is 5.20. The lowest BCUT2D eigenvalue weighted by Gasteiger charge is -2.12. The first-order chi connectivity index (χ1) is 9.52. The average Bonchev–Trinajstić information content (AvgIpc) is 2.42. The van der Waals surface area contributed by atoms with Crippen molar-refractivity contribution in [1.29, 1.82) is 0 Å². The lowest BCUT2D eigenvalue weighted by Crippen LogP contribution is -2.15. The Morgan fingerprint density at radius 3 is 2.70 bits per heavy atom. The molecule has 0 aliphatic heterocycles. The van der Waals surface area contributed by atoms with Crippen LogP contribution in [0.25, 0.3) is 0 Å². The minimum absolute atomic E-state index is 0.296. The molecule has 5 heteroatoms. The molecule has 0 unspecified atom stereocenters. The number of benzene rings is 2. The van der Waals surface area contributed by atoms with Crippen molar-refractivity contribution in [2.75, 3.05) is 18.2 Å². The molecule has 20 heavy (non-hydrogen) atoms. The van der Waals surface area contributed by atoms with E-state index in [1.807, 2.05) is 25.1 Å². The molecule has 0 aliphatic carbocycles. The number of rotatable bonds is 3. The molecule has 0 aromatic heterocycles. The first kappa shape index (κ1) is 14.4.